The van der Waals surface area contributed by atoms with Crippen molar-refractivity contribution < 1.29 is 9.53 Å². The van der Waals surface area contributed by atoms with Crippen LogP contribution in [-0.4, -0.2) is 38.3 Å². The highest BCUT2D eigenvalue weighted by Gasteiger charge is 2.23. The van der Waals surface area contributed by atoms with Crippen LogP contribution in [0.5, 0.6) is 0 Å². The molecule has 1 aliphatic rings. The van der Waals surface area contributed by atoms with Gasteiger partial charge in [0, 0.05) is 19.2 Å². The predicted molar refractivity (Wildman–Crippen MR) is 55.1 cm³/mol. The molecule has 0 saturated heterocycles. The van der Waals surface area contributed by atoms with Crippen LogP contribution in [0.3, 0.4) is 0 Å². The van der Waals surface area contributed by atoms with Gasteiger partial charge in [-0.3, -0.25) is 4.79 Å². The Balaban J connectivity index is 2.06. The smallest absolute Gasteiger partial charge is 0.234 e. The lowest BCUT2D eigenvalue weighted by molar-refractivity contribution is -0.120. The van der Waals surface area contributed by atoms with E-state index in [1.165, 1.54) is 0 Å². The van der Waals surface area contributed by atoms with E-state index in [9.17, 15) is 4.79 Å². The summed E-state index contributed by atoms with van der Waals surface area (Å²) in [6, 6.07) is 0.733. The Hall–Kier alpha value is -0.610. The van der Waals surface area contributed by atoms with Gasteiger partial charge in [-0.25, -0.2) is 0 Å². The minimum absolute atomic E-state index is 0.0991. The number of methoxy groups -OCH3 is 1. The summed E-state index contributed by atoms with van der Waals surface area (Å²) in [7, 11) is 1.68. The lowest BCUT2D eigenvalue weighted by Gasteiger charge is -2.15. The quantitative estimate of drug-likeness (QED) is 0.620. The number of carbonyl (C=O) groups excluding carboxylic acids is 1. The standard InChI is InChI=1S/C10H20N2O2/c1-3-8(7-14-2)11-6-10(13)12-9-4-5-9/h8-9,11H,3-7H2,1-2H3,(H,12,13). The van der Waals surface area contributed by atoms with Crippen molar-refractivity contribution in [3.63, 3.8) is 0 Å². The van der Waals surface area contributed by atoms with Gasteiger partial charge in [-0.1, -0.05) is 6.92 Å². The van der Waals surface area contributed by atoms with Gasteiger partial charge in [-0.15, -0.1) is 0 Å². The molecule has 1 amide bonds. The van der Waals surface area contributed by atoms with Crippen molar-refractivity contribution >= 4 is 5.91 Å². The normalized spacial score (nSPS) is 17.9. The van der Waals surface area contributed by atoms with Gasteiger partial charge in [0.05, 0.1) is 13.2 Å². The first-order chi connectivity index (χ1) is 6.76. The van der Waals surface area contributed by atoms with Gasteiger partial charge in [-0.2, -0.15) is 0 Å². The number of amides is 1. The van der Waals surface area contributed by atoms with Gasteiger partial charge in [0.1, 0.15) is 0 Å². The fourth-order valence-electron chi connectivity index (χ4n) is 1.27. The Morgan fingerprint density at radius 2 is 2.29 bits per heavy atom. The van der Waals surface area contributed by atoms with Crippen LogP contribution in [0.4, 0.5) is 0 Å². The number of carbonyl (C=O) groups is 1. The minimum atomic E-state index is 0.0991. The summed E-state index contributed by atoms with van der Waals surface area (Å²) in [6.45, 7) is 3.14. The third kappa shape index (κ3) is 4.58. The fourth-order valence-corrected chi connectivity index (χ4v) is 1.27. The third-order valence-corrected chi connectivity index (χ3v) is 2.35. The number of nitrogens with one attached hydrogen (secondary N) is 2. The van der Waals surface area contributed by atoms with E-state index < -0.39 is 0 Å². The van der Waals surface area contributed by atoms with Gasteiger partial charge >= 0.3 is 0 Å². The van der Waals surface area contributed by atoms with Crippen molar-refractivity contribution in [2.75, 3.05) is 20.3 Å². The van der Waals surface area contributed by atoms with Crippen molar-refractivity contribution in [3.05, 3.63) is 0 Å². The van der Waals surface area contributed by atoms with Crippen LogP contribution in [0, 0.1) is 0 Å². The van der Waals surface area contributed by atoms with Crippen molar-refractivity contribution in [2.24, 2.45) is 0 Å². The maximum Gasteiger partial charge on any atom is 0.234 e. The van der Waals surface area contributed by atoms with Crippen LogP contribution in [0.1, 0.15) is 26.2 Å². The molecule has 0 radical (unpaired) electrons. The molecule has 1 fully saturated rings. The van der Waals surface area contributed by atoms with Crippen molar-refractivity contribution in [2.45, 2.75) is 38.3 Å². The molecular formula is C10H20N2O2. The molecule has 1 atom stereocenters. The largest absolute Gasteiger partial charge is 0.383 e. The van der Waals surface area contributed by atoms with Crippen LogP contribution in [0.25, 0.3) is 0 Å². The molecule has 0 aliphatic heterocycles. The Morgan fingerprint density at radius 1 is 1.57 bits per heavy atom. The molecule has 2 N–H and O–H groups in total. The van der Waals surface area contributed by atoms with Crippen LogP contribution >= 0.6 is 0 Å². The second kappa shape index (κ2) is 5.98. The monoisotopic (exact) mass is 200 g/mol. The number of hydrogen-bond donors (Lipinski definition) is 2. The van der Waals surface area contributed by atoms with Crippen molar-refractivity contribution in [1.29, 1.82) is 0 Å². The van der Waals surface area contributed by atoms with Gasteiger partial charge in [0.2, 0.25) is 5.91 Å². The maximum absolute atomic E-state index is 11.3. The van der Waals surface area contributed by atoms with Gasteiger partial charge in [0.25, 0.3) is 0 Å². The minimum Gasteiger partial charge on any atom is -0.383 e. The molecule has 0 aromatic rings. The van der Waals surface area contributed by atoms with Gasteiger partial charge < -0.3 is 15.4 Å². The second-order valence-corrected chi connectivity index (χ2v) is 3.78. The first-order valence-electron chi connectivity index (χ1n) is 5.28. The summed E-state index contributed by atoms with van der Waals surface area (Å²) < 4.78 is 5.03. The number of ether oxygens (including phenoxy) is 1. The molecule has 0 heterocycles. The van der Waals surface area contributed by atoms with Gasteiger partial charge in [0.15, 0.2) is 0 Å². The van der Waals surface area contributed by atoms with Crippen LogP contribution in [0.15, 0.2) is 0 Å². The fraction of sp³-hybridized carbons (Fsp3) is 0.900. The summed E-state index contributed by atoms with van der Waals surface area (Å²) in [5.74, 6) is 0.0991. The van der Waals surface area contributed by atoms with E-state index in [0.29, 0.717) is 19.2 Å². The Kier molecular flexibility index (Phi) is 4.90. The second-order valence-electron chi connectivity index (χ2n) is 3.78. The van der Waals surface area contributed by atoms with Crippen LogP contribution in [-0.2, 0) is 9.53 Å². The zero-order valence-corrected chi connectivity index (χ0v) is 9.01. The third-order valence-electron chi connectivity index (χ3n) is 2.35. The molecule has 0 aromatic heterocycles. The molecule has 82 valence electrons. The average Bonchev–Trinajstić information content (AvgIpc) is 2.96. The molecule has 1 saturated carbocycles. The van der Waals surface area contributed by atoms with Crippen LogP contribution in [0.2, 0.25) is 0 Å². The van der Waals surface area contributed by atoms with E-state index in [0.717, 1.165) is 19.3 Å². The Bertz CT molecular complexity index is 181. The summed E-state index contributed by atoms with van der Waals surface area (Å²) in [5.41, 5.74) is 0. The van der Waals surface area contributed by atoms with Crippen LogP contribution < -0.4 is 10.6 Å². The average molecular weight is 200 g/mol. The molecule has 1 aliphatic carbocycles. The summed E-state index contributed by atoms with van der Waals surface area (Å²) in [4.78, 5) is 11.3. The highest BCUT2D eigenvalue weighted by molar-refractivity contribution is 5.78. The molecule has 4 nitrogen and oxygen atoms in total. The highest BCUT2D eigenvalue weighted by Crippen LogP contribution is 2.18. The maximum atomic E-state index is 11.3. The molecule has 4 heteroatoms. The summed E-state index contributed by atoms with van der Waals surface area (Å²) in [6.07, 6.45) is 3.26. The summed E-state index contributed by atoms with van der Waals surface area (Å²) >= 11 is 0. The number of rotatable bonds is 7. The first kappa shape index (κ1) is 11.5. The predicted octanol–water partition coefficient (Wildman–Crippen LogP) is 0.280. The van der Waals surface area contributed by atoms with Crippen molar-refractivity contribution in [3.8, 4) is 0 Å². The van der Waals surface area contributed by atoms with E-state index in [1.807, 2.05) is 0 Å². The lowest BCUT2D eigenvalue weighted by Crippen LogP contribution is -2.41. The summed E-state index contributed by atoms with van der Waals surface area (Å²) in [5, 5.41) is 6.10. The molecule has 1 rings (SSSR count). The Morgan fingerprint density at radius 3 is 2.79 bits per heavy atom. The lowest BCUT2D eigenvalue weighted by atomic mass is 10.2. The first-order valence-corrected chi connectivity index (χ1v) is 5.28. The topological polar surface area (TPSA) is 50.4 Å². The highest BCUT2D eigenvalue weighted by atomic mass is 16.5. The van der Waals surface area contributed by atoms with E-state index >= 15 is 0 Å². The molecule has 0 aromatic carbocycles. The molecule has 1 unspecified atom stereocenters. The zero-order valence-electron chi connectivity index (χ0n) is 9.01. The zero-order chi connectivity index (χ0) is 10.4. The molecule has 0 spiro atoms. The molecular weight excluding hydrogens is 180 g/mol. The van der Waals surface area contributed by atoms with E-state index in [1.54, 1.807) is 7.11 Å². The molecule has 14 heavy (non-hydrogen) atoms. The van der Waals surface area contributed by atoms with E-state index in [2.05, 4.69) is 17.6 Å². The van der Waals surface area contributed by atoms with Crippen molar-refractivity contribution in [1.82, 2.24) is 10.6 Å². The SMILES string of the molecule is CCC(COC)NCC(=O)NC1CC1. The molecule has 0 bridgehead atoms. The van der Waals surface area contributed by atoms with E-state index in [4.69, 9.17) is 4.74 Å². The number of hydrogen-bond acceptors (Lipinski definition) is 3. The van der Waals surface area contributed by atoms with Gasteiger partial charge in [-0.05, 0) is 19.3 Å². The van der Waals surface area contributed by atoms with E-state index in [-0.39, 0.29) is 11.9 Å². The Labute approximate surface area is 85.4 Å².